The zero-order valence-corrected chi connectivity index (χ0v) is 12.8. The number of carbonyl (C=O) groups excluding carboxylic acids is 1. The van der Waals surface area contributed by atoms with Gasteiger partial charge in [-0.15, -0.1) is 0 Å². The van der Waals surface area contributed by atoms with Crippen LogP contribution in [0.15, 0.2) is 0 Å². The number of hydrogen-bond acceptors (Lipinski definition) is 3. The minimum absolute atomic E-state index is 0.0660. The van der Waals surface area contributed by atoms with E-state index in [0.717, 1.165) is 19.5 Å². The van der Waals surface area contributed by atoms with Crippen LogP contribution in [0.2, 0.25) is 0 Å². The first-order valence-electron chi connectivity index (χ1n) is 8.33. The molecule has 2 heterocycles. The van der Waals surface area contributed by atoms with Crippen LogP contribution < -0.4 is 0 Å². The second kappa shape index (κ2) is 5.95. The molecule has 5 heteroatoms. The van der Waals surface area contributed by atoms with Crippen molar-refractivity contribution in [3.8, 4) is 0 Å². The Balaban J connectivity index is 1.63. The quantitative estimate of drug-likeness (QED) is 0.840. The Kier molecular flexibility index (Phi) is 4.20. The second-order valence-electron chi connectivity index (χ2n) is 7.03. The highest BCUT2D eigenvalue weighted by Crippen LogP contribution is 2.34. The van der Waals surface area contributed by atoms with Crippen molar-refractivity contribution in [1.29, 1.82) is 0 Å². The Bertz CT molecular complexity index is 426. The summed E-state index contributed by atoms with van der Waals surface area (Å²) in [7, 11) is 0. The van der Waals surface area contributed by atoms with Crippen molar-refractivity contribution >= 4 is 11.9 Å². The number of piperidine rings is 1. The van der Waals surface area contributed by atoms with E-state index in [0.29, 0.717) is 18.9 Å². The highest BCUT2D eigenvalue weighted by atomic mass is 16.4. The summed E-state index contributed by atoms with van der Waals surface area (Å²) in [5, 5.41) is 9.10. The number of piperazine rings is 1. The van der Waals surface area contributed by atoms with E-state index >= 15 is 0 Å². The monoisotopic (exact) mass is 294 g/mol. The standard InChI is InChI=1S/C16H26N2O3/c1-11-9-17-7-3-2-4-14(17)10-18(11)15(19)12-5-6-13(8-12)16(20)21/h11-14H,2-10H2,1H3,(H,20,21). The lowest BCUT2D eigenvalue weighted by Gasteiger charge is -2.48. The molecular formula is C16H26N2O3. The molecule has 4 atom stereocenters. The highest BCUT2D eigenvalue weighted by molar-refractivity contribution is 5.81. The summed E-state index contributed by atoms with van der Waals surface area (Å²) in [4.78, 5) is 28.4. The molecule has 3 rings (SSSR count). The van der Waals surface area contributed by atoms with Gasteiger partial charge in [0.1, 0.15) is 0 Å². The van der Waals surface area contributed by atoms with E-state index in [1.165, 1.54) is 25.8 Å². The topological polar surface area (TPSA) is 60.9 Å². The maximum absolute atomic E-state index is 12.8. The van der Waals surface area contributed by atoms with E-state index in [4.69, 9.17) is 5.11 Å². The summed E-state index contributed by atoms with van der Waals surface area (Å²) in [6.45, 7) is 5.12. The fraction of sp³-hybridized carbons (Fsp3) is 0.875. The normalized spacial score (nSPS) is 37.3. The van der Waals surface area contributed by atoms with E-state index in [2.05, 4.69) is 11.8 Å². The number of aliphatic carboxylic acids is 1. The number of carbonyl (C=O) groups is 2. The number of fused-ring (bicyclic) bond motifs is 1. The largest absolute Gasteiger partial charge is 0.481 e. The third-order valence-corrected chi connectivity index (χ3v) is 5.60. The Morgan fingerprint density at radius 2 is 1.81 bits per heavy atom. The van der Waals surface area contributed by atoms with Crippen molar-refractivity contribution in [1.82, 2.24) is 9.80 Å². The van der Waals surface area contributed by atoms with Crippen LogP contribution in [0.25, 0.3) is 0 Å². The van der Waals surface area contributed by atoms with Crippen molar-refractivity contribution in [2.75, 3.05) is 19.6 Å². The molecular weight excluding hydrogens is 268 g/mol. The third-order valence-electron chi connectivity index (χ3n) is 5.60. The minimum Gasteiger partial charge on any atom is -0.481 e. The number of nitrogens with zero attached hydrogens (tertiary/aromatic N) is 2. The van der Waals surface area contributed by atoms with E-state index in [9.17, 15) is 9.59 Å². The fourth-order valence-corrected chi connectivity index (χ4v) is 4.32. The molecule has 118 valence electrons. The molecule has 0 bridgehead atoms. The van der Waals surface area contributed by atoms with Gasteiger partial charge in [0, 0.05) is 31.1 Å². The molecule has 3 fully saturated rings. The van der Waals surface area contributed by atoms with Crippen LogP contribution in [-0.2, 0) is 9.59 Å². The first-order chi connectivity index (χ1) is 10.1. The van der Waals surface area contributed by atoms with Gasteiger partial charge in [-0.1, -0.05) is 6.42 Å². The summed E-state index contributed by atoms with van der Waals surface area (Å²) in [6, 6.07) is 0.784. The van der Waals surface area contributed by atoms with Crippen molar-refractivity contribution in [3.63, 3.8) is 0 Å². The van der Waals surface area contributed by atoms with E-state index in [1.807, 2.05) is 4.90 Å². The molecule has 3 aliphatic rings. The Labute approximate surface area is 126 Å². The maximum atomic E-state index is 12.8. The number of carboxylic acids is 1. The van der Waals surface area contributed by atoms with Gasteiger partial charge in [0.15, 0.2) is 0 Å². The zero-order chi connectivity index (χ0) is 15.0. The van der Waals surface area contributed by atoms with E-state index < -0.39 is 5.97 Å². The summed E-state index contributed by atoms with van der Waals surface area (Å²) < 4.78 is 0. The van der Waals surface area contributed by atoms with Crippen LogP contribution in [0.3, 0.4) is 0 Å². The molecule has 2 aliphatic heterocycles. The van der Waals surface area contributed by atoms with Gasteiger partial charge in [0.25, 0.3) is 0 Å². The molecule has 1 saturated carbocycles. The average Bonchev–Trinajstić information content (AvgIpc) is 2.96. The van der Waals surface area contributed by atoms with Crippen LogP contribution in [0.5, 0.6) is 0 Å². The summed E-state index contributed by atoms with van der Waals surface area (Å²) in [5.74, 6) is -0.916. The first-order valence-corrected chi connectivity index (χ1v) is 8.33. The smallest absolute Gasteiger partial charge is 0.306 e. The molecule has 4 unspecified atom stereocenters. The van der Waals surface area contributed by atoms with Crippen molar-refractivity contribution in [2.24, 2.45) is 11.8 Å². The Hall–Kier alpha value is -1.10. The summed E-state index contributed by atoms with van der Waals surface area (Å²) in [5.41, 5.74) is 0. The summed E-state index contributed by atoms with van der Waals surface area (Å²) >= 11 is 0. The lowest BCUT2D eigenvalue weighted by atomic mass is 9.95. The molecule has 1 amide bonds. The number of amides is 1. The fourth-order valence-electron chi connectivity index (χ4n) is 4.32. The van der Waals surface area contributed by atoms with Gasteiger partial charge in [-0.05, 0) is 45.6 Å². The molecule has 5 nitrogen and oxygen atoms in total. The van der Waals surface area contributed by atoms with Gasteiger partial charge in [0.2, 0.25) is 5.91 Å². The SMILES string of the molecule is CC1CN2CCCCC2CN1C(=O)C1CCC(C(=O)O)C1. The zero-order valence-electron chi connectivity index (χ0n) is 12.8. The van der Waals surface area contributed by atoms with Crippen LogP contribution >= 0.6 is 0 Å². The highest BCUT2D eigenvalue weighted by Gasteiger charge is 2.40. The van der Waals surface area contributed by atoms with Crippen LogP contribution in [0, 0.1) is 11.8 Å². The number of carboxylic acid groups (broad SMARTS) is 1. The molecule has 2 saturated heterocycles. The van der Waals surface area contributed by atoms with Gasteiger partial charge in [-0.2, -0.15) is 0 Å². The van der Waals surface area contributed by atoms with Crippen molar-refractivity contribution in [2.45, 2.75) is 57.5 Å². The van der Waals surface area contributed by atoms with Gasteiger partial charge < -0.3 is 10.0 Å². The number of rotatable bonds is 2. The van der Waals surface area contributed by atoms with Crippen LogP contribution in [-0.4, -0.2) is 58.5 Å². The third kappa shape index (κ3) is 2.93. The molecule has 0 radical (unpaired) electrons. The molecule has 1 N–H and O–H groups in total. The summed E-state index contributed by atoms with van der Waals surface area (Å²) in [6.07, 6.45) is 5.67. The van der Waals surface area contributed by atoms with Crippen LogP contribution in [0.4, 0.5) is 0 Å². The molecule has 0 aromatic heterocycles. The van der Waals surface area contributed by atoms with Crippen molar-refractivity contribution < 1.29 is 14.7 Å². The van der Waals surface area contributed by atoms with Crippen molar-refractivity contribution in [3.05, 3.63) is 0 Å². The maximum Gasteiger partial charge on any atom is 0.306 e. The molecule has 0 aromatic rings. The Morgan fingerprint density at radius 1 is 1.05 bits per heavy atom. The molecule has 0 spiro atoms. The lowest BCUT2D eigenvalue weighted by molar-refractivity contribution is -0.143. The van der Waals surface area contributed by atoms with Gasteiger partial charge in [0.05, 0.1) is 5.92 Å². The predicted octanol–water partition coefficient (Wildman–Crippen LogP) is 1.57. The predicted molar refractivity (Wildman–Crippen MR) is 78.9 cm³/mol. The number of hydrogen-bond donors (Lipinski definition) is 1. The van der Waals surface area contributed by atoms with Gasteiger partial charge in [-0.3, -0.25) is 14.5 Å². The van der Waals surface area contributed by atoms with E-state index in [-0.39, 0.29) is 23.8 Å². The lowest BCUT2D eigenvalue weighted by Crippen LogP contribution is -2.60. The molecule has 0 aromatic carbocycles. The van der Waals surface area contributed by atoms with Gasteiger partial charge >= 0.3 is 5.97 Å². The van der Waals surface area contributed by atoms with E-state index in [1.54, 1.807) is 0 Å². The average molecular weight is 294 g/mol. The molecule has 21 heavy (non-hydrogen) atoms. The first kappa shape index (κ1) is 14.8. The Morgan fingerprint density at radius 3 is 2.52 bits per heavy atom. The van der Waals surface area contributed by atoms with Crippen LogP contribution in [0.1, 0.15) is 45.4 Å². The minimum atomic E-state index is -0.740. The molecule has 1 aliphatic carbocycles. The van der Waals surface area contributed by atoms with Gasteiger partial charge in [-0.25, -0.2) is 0 Å². The second-order valence-corrected chi connectivity index (χ2v) is 7.03.